The lowest BCUT2D eigenvalue weighted by Gasteiger charge is -2.34. The van der Waals surface area contributed by atoms with Crippen LogP contribution in [0.1, 0.15) is 83.1 Å². The molecule has 204 valence electrons. The normalized spacial score (nSPS) is 13.6. The Kier molecular flexibility index (Phi) is 14.7. The van der Waals surface area contributed by atoms with Crippen LogP contribution in [-0.4, -0.2) is 40.3 Å². The summed E-state index contributed by atoms with van der Waals surface area (Å²) in [5, 5.41) is 10.7. The molecule has 2 unspecified atom stereocenters. The van der Waals surface area contributed by atoms with Gasteiger partial charge in [-0.2, -0.15) is 0 Å². The van der Waals surface area contributed by atoms with E-state index in [0.717, 1.165) is 41.8 Å². The Hall–Kier alpha value is -2.22. The minimum Gasteiger partial charge on any atom is -0.462 e. The number of hydrogen-bond acceptors (Lipinski definition) is 7. The van der Waals surface area contributed by atoms with Crippen LogP contribution < -0.4 is 4.90 Å². The van der Waals surface area contributed by atoms with E-state index in [4.69, 9.17) is 17.0 Å². The van der Waals surface area contributed by atoms with Crippen molar-refractivity contribution >= 4 is 45.6 Å². The van der Waals surface area contributed by atoms with Gasteiger partial charge >= 0.3 is 5.97 Å². The van der Waals surface area contributed by atoms with Gasteiger partial charge in [0.1, 0.15) is 0 Å². The van der Waals surface area contributed by atoms with Crippen LogP contribution in [0, 0.1) is 12.8 Å². The molecule has 0 spiro atoms. The minimum absolute atomic E-state index is 0.0722. The number of ether oxygens (including phenoxy) is 1. The number of benzene rings is 1. The number of aliphatic hydroxyl groups is 1. The van der Waals surface area contributed by atoms with Gasteiger partial charge in [-0.15, -0.1) is 0 Å². The Bertz CT molecular complexity index is 1030. The van der Waals surface area contributed by atoms with Crippen LogP contribution in [0.3, 0.4) is 0 Å². The first-order chi connectivity index (χ1) is 17.5. The van der Waals surface area contributed by atoms with Gasteiger partial charge in [-0.1, -0.05) is 70.7 Å². The van der Waals surface area contributed by atoms with Crippen molar-refractivity contribution in [2.24, 2.45) is 5.92 Å². The number of nitrogens with zero attached hydrogens (tertiary/aromatic N) is 1. The molecule has 7 heteroatoms. The lowest BCUT2D eigenvalue weighted by molar-refractivity contribution is -0.112. The van der Waals surface area contributed by atoms with Crippen LogP contribution in [0.2, 0.25) is 0 Å². The average molecular weight is 546 g/mol. The molecule has 0 saturated heterocycles. The number of allylic oxidation sites excluding steroid dienone is 4. The standard InChI is InChI=1S/C30H43NO4S2/c1-9-13-22(7)30(36)37-28(23(8)32)17-16-26(20(5)10-2)31(19-25(33)11-3)27-18-24(15-14-21(27)6)29(34)35-12-4/h14-18,20,25,33H,7,9-13,19H2,1-6,8H3/b26-16-,28-17-. The number of esters is 1. The fraction of sp³-hybridized carbons (Fsp3) is 0.500. The van der Waals surface area contributed by atoms with Crippen molar-refractivity contribution in [3.8, 4) is 0 Å². The third-order valence-corrected chi connectivity index (χ3v) is 7.76. The minimum atomic E-state index is -0.575. The van der Waals surface area contributed by atoms with Crippen molar-refractivity contribution < 1.29 is 19.4 Å². The average Bonchev–Trinajstić information content (AvgIpc) is 2.87. The maximum atomic E-state index is 12.5. The maximum absolute atomic E-state index is 12.5. The zero-order valence-electron chi connectivity index (χ0n) is 23.4. The SMILES string of the molecule is C=C(CCC)C(=S)S/C(=C\C=C(\C(C)CC)N(CC(O)CC)c1cc(C(=O)OCC)ccc1C)C(C)=O. The fourth-order valence-electron chi connectivity index (χ4n) is 3.61. The van der Waals surface area contributed by atoms with Crippen LogP contribution >= 0.6 is 24.0 Å². The summed E-state index contributed by atoms with van der Waals surface area (Å²) in [4.78, 5) is 27.6. The van der Waals surface area contributed by atoms with Gasteiger partial charge in [-0.3, -0.25) is 4.79 Å². The molecule has 0 aliphatic carbocycles. The molecule has 2 atom stereocenters. The van der Waals surface area contributed by atoms with Crippen LogP contribution in [0.4, 0.5) is 5.69 Å². The van der Waals surface area contributed by atoms with Gasteiger partial charge in [-0.25, -0.2) is 4.79 Å². The number of ketones is 1. The predicted octanol–water partition coefficient (Wildman–Crippen LogP) is 7.57. The summed E-state index contributed by atoms with van der Waals surface area (Å²) in [5.74, 6) is -0.340. The van der Waals surface area contributed by atoms with Gasteiger partial charge in [0.15, 0.2) is 5.78 Å². The summed E-state index contributed by atoms with van der Waals surface area (Å²) in [6, 6.07) is 5.47. The summed E-state index contributed by atoms with van der Waals surface area (Å²) in [6.45, 7) is 18.2. The summed E-state index contributed by atoms with van der Waals surface area (Å²) >= 11 is 6.81. The van der Waals surface area contributed by atoms with Gasteiger partial charge in [0.25, 0.3) is 0 Å². The Labute approximate surface area is 233 Å². The highest BCUT2D eigenvalue weighted by Gasteiger charge is 2.23. The predicted molar refractivity (Wildman–Crippen MR) is 161 cm³/mol. The summed E-state index contributed by atoms with van der Waals surface area (Å²) in [6.07, 6.45) is 6.35. The van der Waals surface area contributed by atoms with Gasteiger partial charge in [-0.05, 0) is 81.4 Å². The number of hydrogen-bond donors (Lipinski definition) is 1. The van der Waals surface area contributed by atoms with Crippen LogP contribution in [0.5, 0.6) is 0 Å². The van der Waals surface area contributed by atoms with Crippen molar-refractivity contribution in [2.45, 2.75) is 80.3 Å². The summed E-state index contributed by atoms with van der Waals surface area (Å²) < 4.78 is 5.85. The molecule has 1 aromatic rings. The molecule has 0 amide bonds. The number of aryl methyl sites for hydroxylation is 1. The number of carbonyl (C=O) groups excluding carboxylic acids is 2. The van der Waals surface area contributed by atoms with Crippen molar-refractivity contribution in [1.29, 1.82) is 0 Å². The number of thiocarbonyl (C=S) groups is 1. The lowest BCUT2D eigenvalue weighted by atomic mass is 9.99. The molecule has 0 radical (unpaired) electrons. The molecule has 0 aromatic heterocycles. The quantitative estimate of drug-likeness (QED) is 0.105. The molecular formula is C30H43NO4S2. The molecule has 1 rings (SSSR count). The maximum Gasteiger partial charge on any atom is 0.338 e. The molecular weight excluding hydrogens is 502 g/mol. The van der Waals surface area contributed by atoms with Crippen molar-refractivity contribution in [3.63, 3.8) is 0 Å². The monoisotopic (exact) mass is 545 g/mol. The molecule has 1 aromatic carbocycles. The highest BCUT2D eigenvalue weighted by molar-refractivity contribution is 8.26. The second-order valence-corrected chi connectivity index (χ2v) is 10.8. The van der Waals surface area contributed by atoms with Gasteiger partial charge < -0.3 is 14.7 Å². The molecule has 0 aliphatic rings. The molecule has 0 saturated carbocycles. The molecule has 5 nitrogen and oxygen atoms in total. The molecule has 0 aliphatic heterocycles. The third kappa shape index (κ3) is 10.2. The third-order valence-electron chi connectivity index (χ3n) is 6.10. The summed E-state index contributed by atoms with van der Waals surface area (Å²) in [5.41, 5.74) is 4.04. The Balaban J connectivity index is 3.67. The highest BCUT2D eigenvalue weighted by Crippen LogP contribution is 2.32. The Morgan fingerprint density at radius 2 is 1.86 bits per heavy atom. The number of anilines is 1. The van der Waals surface area contributed by atoms with Crippen LogP contribution in [0.15, 0.2) is 53.1 Å². The Morgan fingerprint density at radius 3 is 2.41 bits per heavy atom. The van der Waals surface area contributed by atoms with Crippen LogP contribution in [-0.2, 0) is 9.53 Å². The van der Waals surface area contributed by atoms with Crippen molar-refractivity contribution in [2.75, 3.05) is 18.1 Å². The number of Topliss-reactive ketones (excluding diaryl/α,β-unsaturated/α-hetero) is 1. The van der Waals surface area contributed by atoms with E-state index in [0.29, 0.717) is 34.2 Å². The zero-order valence-corrected chi connectivity index (χ0v) is 25.1. The van der Waals surface area contributed by atoms with E-state index in [-0.39, 0.29) is 17.7 Å². The van der Waals surface area contributed by atoms with Gasteiger partial charge in [0.2, 0.25) is 0 Å². The topological polar surface area (TPSA) is 66.8 Å². The van der Waals surface area contributed by atoms with E-state index >= 15 is 0 Å². The largest absolute Gasteiger partial charge is 0.462 e. The first-order valence-corrected chi connectivity index (χ1v) is 14.3. The van der Waals surface area contributed by atoms with Gasteiger partial charge in [0.05, 0.1) is 27.4 Å². The number of carbonyl (C=O) groups is 2. The van der Waals surface area contributed by atoms with E-state index in [1.807, 2.05) is 38.1 Å². The molecule has 1 N–H and O–H groups in total. The summed E-state index contributed by atoms with van der Waals surface area (Å²) in [7, 11) is 0. The van der Waals surface area contributed by atoms with E-state index in [1.165, 1.54) is 18.7 Å². The lowest BCUT2D eigenvalue weighted by Crippen LogP contribution is -2.34. The van der Waals surface area contributed by atoms with E-state index < -0.39 is 6.10 Å². The van der Waals surface area contributed by atoms with Crippen molar-refractivity contribution in [1.82, 2.24) is 0 Å². The smallest absolute Gasteiger partial charge is 0.338 e. The first-order valence-electron chi connectivity index (χ1n) is 13.1. The fourth-order valence-corrected chi connectivity index (χ4v) is 4.71. The number of aliphatic hydroxyl groups excluding tert-OH is 1. The van der Waals surface area contributed by atoms with E-state index in [2.05, 4.69) is 32.3 Å². The van der Waals surface area contributed by atoms with Gasteiger partial charge in [0, 0.05) is 17.9 Å². The first kappa shape index (κ1) is 32.8. The highest BCUT2D eigenvalue weighted by atomic mass is 32.2. The molecule has 37 heavy (non-hydrogen) atoms. The second kappa shape index (κ2) is 16.6. The van der Waals surface area contributed by atoms with Crippen LogP contribution in [0.25, 0.3) is 0 Å². The number of rotatable bonds is 15. The van der Waals surface area contributed by atoms with E-state index in [9.17, 15) is 14.7 Å². The second-order valence-electron chi connectivity index (χ2n) is 9.13. The number of thioether (sulfide) groups is 1. The Morgan fingerprint density at radius 1 is 1.19 bits per heavy atom. The zero-order chi connectivity index (χ0) is 28.1. The molecule has 0 fully saturated rings. The van der Waals surface area contributed by atoms with E-state index in [1.54, 1.807) is 13.0 Å². The van der Waals surface area contributed by atoms with Crippen molar-refractivity contribution in [3.05, 3.63) is 64.2 Å². The molecule has 0 bridgehead atoms. The molecule has 0 heterocycles.